The number of benzene rings is 2. The molecular weight excluding hydrogens is 386 g/mol. The van der Waals surface area contributed by atoms with Crippen LogP contribution in [0.1, 0.15) is 0 Å². The fourth-order valence-electron chi connectivity index (χ4n) is 2.72. The van der Waals surface area contributed by atoms with Gasteiger partial charge >= 0.3 is 0 Å². The third-order valence-corrected chi connectivity index (χ3v) is 4.37. The lowest BCUT2D eigenvalue weighted by Crippen LogP contribution is -2.29. The van der Waals surface area contributed by atoms with Crippen LogP contribution in [0.15, 0.2) is 64.1 Å². The molecule has 0 saturated carbocycles. The van der Waals surface area contributed by atoms with Crippen molar-refractivity contribution in [3.63, 3.8) is 0 Å². The standard InChI is InChI=1S/C17H12BrN5O2/c18-11-5-7-12(8-6-11)20-15(24)9-22-13-3-1-2-4-14(13)23-10-19-21-16(23)17(22)25/h1-8,10H,9H2,(H,20,24). The van der Waals surface area contributed by atoms with Crippen LogP contribution in [0.5, 0.6) is 0 Å². The van der Waals surface area contributed by atoms with Crippen molar-refractivity contribution in [2.75, 3.05) is 5.32 Å². The summed E-state index contributed by atoms with van der Waals surface area (Å²) in [5.74, 6) is -0.293. The Morgan fingerprint density at radius 3 is 2.56 bits per heavy atom. The molecule has 0 aliphatic heterocycles. The van der Waals surface area contributed by atoms with Crippen molar-refractivity contribution in [2.24, 2.45) is 0 Å². The van der Waals surface area contributed by atoms with Gasteiger partial charge in [-0.15, -0.1) is 10.2 Å². The van der Waals surface area contributed by atoms with Gasteiger partial charge in [0, 0.05) is 10.2 Å². The summed E-state index contributed by atoms with van der Waals surface area (Å²) in [6, 6.07) is 14.6. The summed E-state index contributed by atoms with van der Waals surface area (Å²) in [6.07, 6.45) is 1.49. The van der Waals surface area contributed by atoms with Crippen LogP contribution < -0.4 is 10.9 Å². The molecule has 124 valence electrons. The molecule has 2 aromatic heterocycles. The Balaban J connectivity index is 1.75. The lowest BCUT2D eigenvalue weighted by molar-refractivity contribution is -0.116. The molecule has 25 heavy (non-hydrogen) atoms. The van der Waals surface area contributed by atoms with Crippen LogP contribution in [-0.4, -0.2) is 25.1 Å². The van der Waals surface area contributed by atoms with E-state index < -0.39 is 0 Å². The third-order valence-electron chi connectivity index (χ3n) is 3.85. The summed E-state index contributed by atoms with van der Waals surface area (Å²) in [6.45, 7) is -0.112. The molecule has 0 aliphatic carbocycles. The van der Waals surface area contributed by atoms with Crippen molar-refractivity contribution < 1.29 is 4.79 Å². The highest BCUT2D eigenvalue weighted by molar-refractivity contribution is 9.10. The summed E-state index contributed by atoms with van der Waals surface area (Å²) in [5.41, 5.74) is 1.90. The number of para-hydroxylation sites is 2. The Morgan fingerprint density at radius 2 is 1.80 bits per heavy atom. The average Bonchev–Trinajstić information content (AvgIpc) is 3.11. The van der Waals surface area contributed by atoms with Crippen molar-refractivity contribution in [1.29, 1.82) is 0 Å². The monoisotopic (exact) mass is 397 g/mol. The first kappa shape index (κ1) is 15.5. The number of amides is 1. The van der Waals surface area contributed by atoms with E-state index in [0.29, 0.717) is 11.2 Å². The van der Waals surface area contributed by atoms with Crippen LogP contribution in [-0.2, 0) is 11.3 Å². The predicted octanol–water partition coefficient (Wildman–Crippen LogP) is 2.45. The van der Waals surface area contributed by atoms with Gasteiger partial charge in [0.1, 0.15) is 12.9 Å². The summed E-state index contributed by atoms with van der Waals surface area (Å²) in [5, 5.41) is 10.5. The van der Waals surface area contributed by atoms with Crippen molar-refractivity contribution in [1.82, 2.24) is 19.2 Å². The first-order valence-corrected chi connectivity index (χ1v) is 8.29. The smallest absolute Gasteiger partial charge is 0.297 e. The van der Waals surface area contributed by atoms with Crippen molar-refractivity contribution in [3.8, 4) is 0 Å². The van der Waals surface area contributed by atoms with Gasteiger partial charge in [0.2, 0.25) is 11.6 Å². The summed E-state index contributed by atoms with van der Waals surface area (Å²) >= 11 is 3.35. The fourth-order valence-corrected chi connectivity index (χ4v) is 2.98. The number of rotatable bonds is 3. The van der Waals surface area contributed by atoms with Gasteiger partial charge in [-0.05, 0) is 36.4 Å². The minimum Gasteiger partial charge on any atom is -0.325 e. The first-order chi connectivity index (χ1) is 12.1. The van der Waals surface area contributed by atoms with Crippen molar-refractivity contribution in [3.05, 3.63) is 69.7 Å². The SMILES string of the molecule is O=C(Cn1c(=O)c2nncn2c2ccccc21)Nc1ccc(Br)cc1. The molecule has 8 heteroatoms. The van der Waals surface area contributed by atoms with Gasteiger partial charge in [0.25, 0.3) is 5.56 Å². The molecule has 0 saturated heterocycles. The van der Waals surface area contributed by atoms with E-state index in [-0.39, 0.29) is 23.7 Å². The number of halogens is 1. The normalized spacial score (nSPS) is 11.1. The zero-order valence-electron chi connectivity index (χ0n) is 12.9. The Kier molecular flexibility index (Phi) is 3.81. The van der Waals surface area contributed by atoms with E-state index in [9.17, 15) is 9.59 Å². The number of aromatic nitrogens is 4. The third kappa shape index (κ3) is 2.80. The highest BCUT2D eigenvalue weighted by Crippen LogP contribution is 2.15. The molecule has 4 aromatic rings. The highest BCUT2D eigenvalue weighted by Gasteiger charge is 2.14. The van der Waals surface area contributed by atoms with Crippen LogP contribution in [0.25, 0.3) is 16.7 Å². The number of carbonyl (C=O) groups is 1. The number of hydrogen-bond donors (Lipinski definition) is 1. The van der Waals surface area contributed by atoms with Gasteiger partial charge in [-0.1, -0.05) is 28.1 Å². The summed E-state index contributed by atoms with van der Waals surface area (Å²) in [7, 11) is 0. The quantitative estimate of drug-likeness (QED) is 0.575. The van der Waals surface area contributed by atoms with Gasteiger partial charge in [-0.2, -0.15) is 0 Å². The average molecular weight is 398 g/mol. The van der Waals surface area contributed by atoms with Gasteiger partial charge in [0.05, 0.1) is 11.0 Å². The zero-order chi connectivity index (χ0) is 17.4. The molecule has 1 N–H and O–H groups in total. The van der Waals surface area contributed by atoms with Crippen LogP contribution in [0, 0.1) is 0 Å². The molecule has 0 fully saturated rings. The Hall–Kier alpha value is -3.00. The van der Waals surface area contributed by atoms with E-state index in [1.165, 1.54) is 10.9 Å². The minimum atomic E-state index is -0.359. The second-order valence-electron chi connectivity index (χ2n) is 5.46. The largest absolute Gasteiger partial charge is 0.325 e. The van der Waals surface area contributed by atoms with Gasteiger partial charge in [-0.3, -0.25) is 18.6 Å². The Morgan fingerprint density at radius 1 is 1.08 bits per heavy atom. The van der Waals surface area contributed by atoms with Gasteiger partial charge < -0.3 is 5.32 Å². The minimum absolute atomic E-state index is 0.112. The number of nitrogens with zero attached hydrogens (tertiary/aromatic N) is 4. The molecule has 0 atom stereocenters. The summed E-state index contributed by atoms with van der Waals surface area (Å²) < 4.78 is 3.96. The first-order valence-electron chi connectivity index (χ1n) is 7.50. The van der Waals surface area contributed by atoms with Gasteiger partial charge in [-0.25, -0.2) is 0 Å². The topological polar surface area (TPSA) is 81.3 Å². The maximum absolute atomic E-state index is 12.7. The van der Waals surface area contributed by atoms with E-state index in [1.54, 1.807) is 22.6 Å². The van der Waals surface area contributed by atoms with E-state index in [0.717, 1.165) is 9.99 Å². The molecule has 0 radical (unpaired) electrons. The van der Waals surface area contributed by atoms with E-state index in [2.05, 4.69) is 31.4 Å². The molecular formula is C17H12BrN5O2. The molecule has 4 rings (SSSR count). The van der Waals surface area contributed by atoms with Crippen LogP contribution in [0.4, 0.5) is 5.69 Å². The van der Waals surface area contributed by atoms with E-state index in [1.807, 2.05) is 30.3 Å². The maximum Gasteiger partial charge on any atom is 0.297 e. The molecule has 0 bridgehead atoms. The number of fused-ring (bicyclic) bond motifs is 3. The van der Waals surface area contributed by atoms with Crippen LogP contribution >= 0.6 is 15.9 Å². The molecule has 2 aromatic carbocycles. The molecule has 1 amide bonds. The van der Waals surface area contributed by atoms with Crippen molar-refractivity contribution >= 4 is 44.2 Å². The molecule has 7 nitrogen and oxygen atoms in total. The van der Waals surface area contributed by atoms with E-state index in [4.69, 9.17) is 0 Å². The van der Waals surface area contributed by atoms with Crippen LogP contribution in [0.3, 0.4) is 0 Å². The number of anilines is 1. The Labute approximate surface area is 150 Å². The Bertz CT molecular complexity index is 1150. The lowest BCUT2D eigenvalue weighted by atomic mass is 10.3. The van der Waals surface area contributed by atoms with Crippen molar-refractivity contribution in [2.45, 2.75) is 6.54 Å². The molecule has 2 heterocycles. The zero-order valence-corrected chi connectivity index (χ0v) is 14.5. The number of nitrogens with one attached hydrogen (secondary N) is 1. The fraction of sp³-hybridized carbons (Fsp3) is 0.0588. The summed E-state index contributed by atoms with van der Waals surface area (Å²) in [4.78, 5) is 25.1. The maximum atomic E-state index is 12.7. The van der Waals surface area contributed by atoms with Crippen LogP contribution in [0.2, 0.25) is 0 Å². The molecule has 0 unspecified atom stereocenters. The number of carbonyl (C=O) groups excluding carboxylic acids is 1. The second-order valence-corrected chi connectivity index (χ2v) is 6.38. The lowest BCUT2D eigenvalue weighted by Gasteiger charge is -2.11. The second kappa shape index (κ2) is 6.14. The molecule has 0 spiro atoms. The highest BCUT2D eigenvalue weighted by atomic mass is 79.9. The van der Waals surface area contributed by atoms with Gasteiger partial charge in [0.15, 0.2) is 0 Å². The van der Waals surface area contributed by atoms with E-state index >= 15 is 0 Å². The number of hydrogen-bond acceptors (Lipinski definition) is 4. The molecule has 0 aliphatic rings. The predicted molar refractivity (Wildman–Crippen MR) is 97.5 cm³/mol.